The molecule has 0 aliphatic heterocycles. The van der Waals surface area contributed by atoms with E-state index in [2.05, 4.69) is 4.98 Å². The van der Waals surface area contributed by atoms with Gasteiger partial charge >= 0.3 is 0 Å². The fraction of sp³-hybridized carbons (Fsp3) is 0.231. The summed E-state index contributed by atoms with van der Waals surface area (Å²) in [7, 11) is 1.97. The van der Waals surface area contributed by atoms with Crippen molar-refractivity contribution in [2.24, 2.45) is 7.05 Å². The number of aromatic nitrogens is 3. The zero-order valence-corrected chi connectivity index (χ0v) is 10.1. The summed E-state index contributed by atoms with van der Waals surface area (Å²) in [5, 5.41) is 12.9. The second-order valence-electron chi connectivity index (χ2n) is 4.43. The van der Waals surface area contributed by atoms with E-state index in [0.717, 1.165) is 32.5 Å². The van der Waals surface area contributed by atoms with Gasteiger partial charge in [0.1, 0.15) is 5.82 Å². The molecule has 0 saturated heterocycles. The molecule has 0 bridgehead atoms. The second kappa shape index (κ2) is 3.20. The predicted octanol–water partition coefficient (Wildman–Crippen LogP) is 1.98. The SMILES string of the molecule is Cc1ccc2c(c1)c1c(c[n+]2[O-])nc(C)n1C. The smallest absolute Gasteiger partial charge is 0.226 e. The molecule has 0 spiro atoms. The fourth-order valence-corrected chi connectivity index (χ4v) is 2.26. The lowest BCUT2D eigenvalue weighted by Gasteiger charge is -2.05. The lowest BCUT2D eigenvalue weighted by Crippen LogP contribution is -2.26. The summed E-state index contributed by atoms with van der Waals surface area (Å²) in [4.78, 5) is 4.40. The van der Waals surface area contributed by atoms with Gasteiger partial charge in [-0.25, -0.2) is 4.98 Å². The summed E-state index contributed by atoms with van der Waals surface area (Å²) in [5.41, 5.74) is 3.60. The van der Waals surface area contributed by atoms with E-state index in [-0.39, 0.29) is 0 Å². The third kappa shape index (κ3) is 1.30. The molecule has 3 aromatic rings. The van der Waals surface area contributed by atoms with Gasteiger partial charge in [-0.05, 0) is 25.5 Å². The maximum atomic E-state index is 11.9. The van der Waals surface area contributed by atoms with Crippen molar-refractivity contribution < 1.29 is 4.73 Å². The molecular weight excluding hydrogens is 214 g/mol. The van der Waals surface area contributed by atoms with Gasteiger partial charge < -0.3 is 9.77 Å². The van der Waals surface area contributed by atoms with E-state index in [1.54, 1.807) is 6.20 Å². The van der Waals surface area contributed by atoms with E-state index in [1.807, 2.05) is 43.7 Å². The number of hydrogen-bond acceptors (Lipinski definition) is 2. The molecule has 0 radical (unpaired) electrons. The number of benzene rings is 1. The van der Waals surface area contributed by atoms with Crippen LogP contribution in [0.2, 0.25) is 0 Å². The van der Waals surface area contributed by atoms with E-state index in [1.165, 1.54) is 0 Å². The highest BCUT2D eigenvalue weighted by Crippen LogP contribution is 2.23. The summed E-state index contributed by atoms with van der Waals surface area (Å²) in [5.74, 6) is 0.911. The second-order valence-corrected chi connectivity index (χ2v) is 4.43. The molecule has 0 amide bonds. The molecule has 3 rings (SSSR count). The van der Waals surface area contributed by atoms with Crippen molar-refractivity contribution in [2.45, 2.75) is 13.8 Å². The fourth-order valence-electron chi connectivity index (χ4n) is 2.26. The van der Waals surface area contributed by atoms with Gasteiger partial charge in [-0.1, -0.05) is 6.07 Å². The molecule has 4 nitrogen and oxygen atoms in total. The Morgan fingerprint density at radius 2 is 2.06 bits per heavy atom. The maximum Gasteiger partial charge on any atom is 0.226 e. The van der Waals surface area contributed by atoms with Crippen molar-refractivity contribution in [2.75, 3.05) is 0 Å². The van der Waals surface area contributed by atoms with Crippen LogP contribution >= 0.6 is 0 Å². The van der Waals surface area contributed by atoms with Gasteiger partial charge in [0, 0.05) is 13.1 Å². The topological polar surface area (TPSA) is 44.8 Å². The van der Waals surface area contributed by atoms with E-state index in [9.17, 15) is 5.21 Å². The van der Waals surface area contributed by atoms with Crippen LogP contribution in [0.25, 0.3) is 21.9 Å². The van der Waals surface area contributed by atoms with Crippen LogP contribution in [0.3, 0.4) is 0 Å². The van der Waals surface area contributed by atoms with Crippen LogP contribution < -0.4 is 4.73 Å². The van der Waals surface area contributed by atoms with Crippen molar-refractivity contribution in [1.29, 1.82) is 0 Å². The highest BCUT2D eigenvalue weighted by molar-refractivity contribution is 6.00. The van der Waals surface area contributed by atoms with Crippen molar-refractivity contribution >= 4 is 21.9 Å². The molecule has 0 N–H and O–H groups in total. The van der Waals surface area contributed by atoms with Gasteiger partial charge in [0.25, 0.3) is 0 Å². The number of aryl methyl sites for hydroxylation is 3. The third-order valence-electron chi connectivity index (χ3n) is 3.23. The van der Waals surface area contributed by atoms with Crippen molar-refractivity contribution in [3.8, 4) is 0 Å². The average molecular weight is 227 g/mol. The van der Waals surface area contributed by atoms with E-state index >= 15 is 0 Å². The molecule has 2 heterocycles. The van der Waals surface area contributed by atoms with Gasteiger partial charge in [0.05, 0.1) is 10.9 Å². The summed E-state index contributed by atoms with van der Waals surface area (Å²) in [6.45, 7) is 3.97. The van der Waals surface area contributed by atoms with Crippen LogP contribution in [0, 0.1) is 19.1 Å². The first kappa shape index (κ1) is 10.1. The Bertz CT molecular complexity index is 743. The van der Waals surface area contributed by atoms with E-state index < -0.39 is 0 Å². The van der Waals surface area contributed by atoms with Gasteiger partial charge in [-0.3, -0.25) is 0 Å². The molecule has 0 aliphatic rings. The minimum Gasteiger partial charge on any atom is -0.618 e. The van der Waals surface area contributed by atoms with Crippen LogP contribution in [-0.4, -0.2) is 9.55 Å². The van der Waals surface area contributed by atoms with E-state index in [4.69, 9.17) is 0 Å². The first-order valence-corrected chi connectivity index (χ1v) is 5.53. The Morgan fingerprint density at radius 3 is 2.82 bits per heavy atom. The highest BCUT2D eigenvalue weighted by Gasteiger charge is 2.14. The molecule has 2 aromatic heterocycles. The Morgan fingerprint density at radius 1 is 1.29 bits per heavy atom. The van der Waals surface area contributed by atoms with Crippen LogP contribution in [0.15, 0.2) is 24.4 Å². The Balaban J connectivity index is 2.64. The summed E-state index contributed by atoms with van der Waals surface area (Å²) in [6, 6.07) is 5.85. The van der Waals surface area contributed by atoms with Gasteiger partial charge in [0.2, 0.25) is 11.7 Å². The molecule has 0 atom stereocenters. The first-order chi connectivity index (χ1) is 8.08. The van der Waals surface area contributed by atoms with Gasteiger partial charge in [0.15, 0.2) is 5.52 Å². The molecular formula is C13H13N3O. The Kier molecular flexibility index (Phi) is 1.90. The van der Waals surface area contributed by atoms with Crippen LogP contribution in [0.5, 0.6) is 0 Å². The Hall–Kier alpha value is -2.10. The number of nitrogens with zero attached hydrogens (tertiary/aromatic N) is 3. The molecule has 0 aliphatic carbocycles. The molecule has 4 heteroatoms. The first-order valence-electron chi connectivity index (χ1n) is 5.53. The summed E-state index contributed by atoms with van der Waals surface area (Å²) >= 11 is 0. The quantitative estimate of drug-likeness (QED) is 0.435. The molecule has 0 saturated carbocycles. The van der Waals surface area contributed by atoms with Crippen molar-refractivity contribution in [3.63, 3.8) is 0 Å². The number of imidazole rings is 1. The van der Waals surface area contributed by atoms with Crippen LogP contribution in [0.1, 0.15) is 11.4 Å². The van der Waals surface area contributed by atoms with E-state index in [0.29, 0.717) is 5.52 Å². The monoisotopic (exact) mass is 227 g/mol. The minimum absolute atomic E-state index is 0.686. The number of fused-ring (bicyclic) bond motifs is 3. The lowest BCUT2D eigenvalue weighted by atomic mass is 10.1. The molecule has 17 heavy (non-hydrogen) atoms. The maximum absolute atomic E-state index is 11.9. The zero-order chi connectivity index (χ0) is 12.2. The number of rotatable bonds is 0. The third-order valence-corrected chi connectivity index (χ3v) is 3.23. The number of pyridine rings is 1. The standard InChI is InChI=1S/C13H13N3O/c1-8-4-5-12-10(6-8)13-11(7-16(12)17)14-9(2)15(13)3/h4-7H,1-3H3. The molecule has 1 aromatic carbocycles. The van der Waals surface area contributed by atoms with Crippen molar-refractivity contribution in [3.05, 3.63) is 41.0 Å². The zero-order valence-electron chi connectivity index (χ0n) is 10.1. The molecule has 86 valence electrons. The van der Waals surface area contributed by atoms with Gasteiger partial charge in [-0.2, -0.15) is 4.73 Å². The molecule has 0 unspecified atom stereocenters. The van der Waals surface area contributed by atoms with Crippen LogP contribution in [-0.2, 0) is 7.05 Å². The summed E-state index contributed by atoms with van der Waals surface area (Å²) < 4.78 is 2.92. The van der Waals surface area contributed by atoms with Gasteiger partial charge in [-0.15, -0.1) is 0 Å². The predicted molar refractivity (Wildman–Crippen MR) is 66.7 cm³/mol. The molecule has 0 fully saturated rings. The Labute approximate surface area is 98.7 Å². The number of hydrogen-bond donors (Lipinski definition) is 0. The lowest BCUT2D eigenvalue weighted by molar-refractivity contribution is -0.575. The average Bonchev–Trinajstić information content (AvgIpc) is 2.54. The minimum atomic E-state index is 0.686. The largest absolute Gasteiger partial charge is 0.618 e. The normalized spacial score (nSPS) is 11.5. The summed E-state index contributed by atoms with van der Waals surface area (Å²) in [6.07, 6.45) is 1.54. The van der Waals surface area contributed by atoms with Crippen LogP contribution in [0.4, 0.5) is 0 Å². The highest BCUT2D eigenvalue weighted by atomic mass is 16.5. The van der Waals surface area contributed by atoms with Crippen molar-refractivity contribution in [1.82, 2.24) is 9.55 Å².